The van der Waals surface area contributed by atoms with Gasteiger partial charge in [0.05, 0.1) is 52.4 Å². The van der Waals surface area contributed by atoms with Crippen molar-refractivity contribution in [2.24, 2.45) is 34.5 Å². The molecular formula is C29H52I2N2. The van der Waals surface area contributed by atoms with E-state index < -0.39 is 0 Å². The van der Waals surface area contributed by atoms with Gasteiger partial charge in [-0.2, -0.15) is 0 Å². The standard InChI is InChI=1S/C29H52N2.2HI/c1-28-15-13-23(30(3)17-5-6-18-30)21-22(28)9-10-24-25-11-12-27(31(4)19-7-8-20-31)29(25,2)16-14-26(24)28;;/h22-27H,5-21H2,1-4H3;2*1H/q+2;;/p-2/t22-,23+,24+,25+,26+,27-,28+,29+;;/m1../s1. The maximum absolute atomic E-state index is 2.79. The topological polar surface area (TPSA) is 0 Å². The molecule has 0 aromatic carbocycles. The number of quaternary nitrogens is 2. The van der Waals surface area contributed by atoms with Crippen LogP contribution < -0.4 is 48.0 Å². The largest absolute Gasteiger partial charge is 1.00 e. The van der Waals surface area contributed by atoms with E-state index in [0.717, 1.165) is 35.8 Å². The van der Waals surface area contributed by atoms with Gasteiger partial charge in [0, 0.05) is 43.9 Å². The zero-order chi connectivity index (χ0) is 21.5. The molecule has 4 saturated carbocycles. The number of hydrogen-bond acceptors (Lipinski definition) is 0. The van der Waals surface area contributed by atoms with Crippen molar-refractivity contribution >= 4 is 0 Å². The summed E-state index contributed by atoms with van der Waals surface area (Å²) < 4.78 is 2.86. The Morgan fingerprint density at radius 1 is 0.606 bits per heavy atom. The van der Waals surface area contributed by atoms with Gasteiger partial charge >= 0.3 is 0 Å². The summed E-state index contributed by atoms with van der Waals surface area (Å²) in [5.41, 5.74) is 1.32. The van der Waals surface area contributed by atoms with Crippen molar-refractivity contribution in [2.45, 2.75) is 109 Å². The summed E-state index contributed by atoms with van der Waals surface area (Å²) in [7, 11) is 5.25. The SMILES string of the molecule is C[C@]12CC[C@H]([N+]3(C)CCCC3)C[C@H]1CC[C@@H]1[C@@H]2CC[C@]2(C)[C@H]([N+]3(C)CCCC3)CC[C@@H]12.[I-].[I-]. The normalized spacial score (nSPS) is 49.8. The minimum atomic E-state index is 0. The number of hydrogen-bond donors (Lipinski definition) is 0. The highest BCUT2D eigenvalue weighted by molar-refractivity contribution is 5.10. The first-order chi connectivity index (χ1) is 14.8. The molecule has 0 aromatic heterocycles. The lowest BCUT2D eigenvalue weighted by atomic mass is 9.44. The summed E-state index contributed by atoms with van der Waals surface area (Å²) in [6, 6.07) is 1.96. The van der Waals surface area contributed by atoms with Gasteiger partial charge in [-0.3, -0.25) is 0 Å². The molecule has 0 aromatic rings. The highest BCUT2D eigenvalue weighted by atomic mass is 127. The summed E-state index contributed by atoms with van der Waals surface area (Å²) >= 11 is 0. The zero-order valence-electron chi connectivity index (χ0n) is 22.1. The Kier molecular flexibility index (Phi) is 7.98. The number of nitrogens with zero attached hydrogens (tertiary/aromatic N) is 2. The number of halogens is 2. The van der Waals surface area contributed by atoms with E-state index in [2.05, 4.69) is 27.9 Å². The monoisotopic (exact) mass is 682 g/mol. The lowest BCUT2D eigenvalue weighted by molar-refractivity contribution is -0.928. The van der Waals surface area contributed by atoms with Gasteiger partial charge in [0.15, 0.2) is 0 Å². The predicted molar refractivity (Wildman–Crippen MR) is 130 cm³/mol. The average Bonchev–Trinajstić information content (AvgIpc) is 3.46. The lowest BCUT2D eigenvalue weighted by Gasteiger charge is -2.62. The second kappa shape index (κ2) is 9.60. The Balaban J connectivity index is 0.00000130. The molecule has 6 aliphatic rings. The van der Waals surface area contributed by atoms with Crippen LogP contribution in [0.5, 0.6) is 0 Å². The van der Waals surface area contributed by atoms with Gasteiger partial charge in [-0.05, 0) is 74.0 Å². The van der Waals surface area contributed by atoms with Crippen molar-refractivity contribution in [1.29, 1.82) is 0 Å². The first-order valence-corrected chi connectivity index (χ1v) is 14.5. The maximum atomic E-state index is 2.79. The summed E-state index contributed by atoms with van der Waals surface area (Å²) in [6.07, 6.45) is 20.0. The van der Waals surface area contributed by atoms with Crippen molar-refractivity contribution in [2.75, 3.05) is 40.3 Å². The fourth-order valence-electron chi connectivity index (χ4n) is 11.6. The molecule has 2 nitrogen and oxygen atoms in total. The predicted octanol–water partition coefficient (Wildman–Crippen LogP) is 0.255. The van der Waals surface area contributed by atoms with Crippen LogP contribution in [0.15, 0.2) is 0 Å². The van der Waals surface area contributed by atoms with Crippen molar-refractivity contribution in [3.8, 4) is 0 Å². The van der Waals surface area contributed by atoms with Crippen molar-refractivity contribution in [3.05, 3.63) is 0 Å². The highest BCUT2D eigenvalue weighted by Gasteiger charge is 2.64. The molecular weight excluding hydrogens is 630 g/mol. The van der Waals surface area contributed by atoms with Crippen molar-refractivity contribution in [3.63, 3.8) is 0 Å². The fourth-order valence-corrected chi connectivity index (χ4v) is 11.6. The summed E-state index contributed by atoms with van der Waals surface area (Å²) in [5.74, 6) is 4.20. The molecule has 0 spiro atoms. The van der Waals surface area contributed by atoms with Crippen molar-refractivity contribution in [1.82, 2.24) is 0 Å². The maximum Gasteiger partial charge on any atom is 0.0945 e. The minimum Gasteiger partial charge on any atom is -1.00 e. The van der Waals surface area contributed by atoms with E-state index in [4.69, 9.17) is 0 Å². The van der Waals surface area contributed by atoms with Crippen molar-refractivity contribution < 1.29 is 56.9 Å². The van der Waals surface area contributed by atoms with Crippen LogP contribution in [0.3, 0.4) is 0 Å². The molecule has 4 aliphatic carbocycles. The summed E-state index contributed by atoms with van der Waals surface area (Å²) in [6.45, 7) is 11.5. The van der Waals surface area contributed by atoms with Gasteiger partial charge in [0.1, 0.15) is 0 Å². The van der Waals surface area contributed by atoms with Gasteiger partial charge in [-0.25, -0.2) is 0 Å². The first-order valence-electron chi connectivity index (χ1n) is 14.5. The number of fused-ring (bicyclic) bond motifs is 5. The van der Waals surface area contributed by atoms with E-state index in [-0.39, 0.29) is 48.0 Å². The van der Waals surface area contributed by atoms with Crippen LogP contribution in [0.2, 0.25) is 0 Å². The summed E-state index contributed by atoms with van der Waals surface area (Å²) in [5, 5.41) is 0. The molecule has 4 heteroatoms. The third-order valence-electron chi connectivity index (χ3n) is 13.4. The van der Waals surface area contributed by atoms with E-state index >= 15 is 0 Å². The molecule has 2 aliphatic heterocycles. The minimum absolute atomic E-state index is 0. The van der Waals surface area contributed by atoms with Crippen LogP contribution in [-0.2, 0) is 0 Å². The van der Waals surface area contributed by atoms with Gasteiger partial charge in [0.2, 0.25) is 0 Å². The number of likely N-dealkylation sites (tertiary alicyclic amines) is 2. The molecule has 192 valence electrons. The lowest BCUT2D eigenvalue weighted by Crippen LogP contribution is -3.00. The number of rotatable bonds is 2. The van der Waals surface area contributed by atoms with Crippen LogP contribution in [0, 0.1) is 34.5 Å². The smallest absolute Gasteiger partial charge is 0.0945 e. The molecule has 0 N–H and O–H groups in total. The third-order valence-corrected chi connectivity index (χ3v) is 13.4. The molecule has 0 unspecified atom stereocenters. The Bertz CT molecular complexity index is 700. The Morgan fingerprint density at radius 3 is 1.85 bits per heavy atom. The second-order valence-corrected chi connectivity index (χ2v) is 14.5. The summed E-state index contributed by atoms with van der Waals surface area (Å²) in [4.78, 5) is 0. The van der Waals surface area contributed by atoms with Crippen LogP contribution in [0.1, 0.15) is 97.3 Å². The average molecular weight is 683 g/mol. The quantitative estimate of drug-likeness (QED) is 0.290. The van der Waals surface area contributed by atoms with Crippen LogP contribution in [-0.4, -0.2) is 61.3 Å². The van der Waals surface area contributed by atoms with Gasteiger partial charge in [0.25, 0.3) is 0 Å². The van der Waals surface area contributed by atoms with E-state index in [1.807, 2.05) is 0 Å². The van der Waals surface area contributed by atoms with E-state index in [0.29, 0.717) is 10.8 Å². The molecule has 8 atom stereocenters. The molecule has 2 saturated heterocycles. The van der Waals surface area contributed by atoms with Gasteiger partial charge < -0.3 is 56.9 Å². The molecule has 6 fully saturated rings. The molecule has 6 rings (SSSR count). The fraction of sp³-hybridized carbons (Fsp3) is 1.00. The molecule has 2 heterocycles. The van der Waals surface area contributed by atoms with Gasteiger partial charge in [-0.15, -0.1) is 0 Å². The molecule has 0 radical (unpaired) electrons. The zero-order valence-corrected chi connectivity index (χ0v) is 26.5. The molecule has 0 amide bonds. The molecule has 33 heavy (non-hydrogen) atoms. The van der Waals surface area contributed by atoms with Crippen LogP contribution in [0.4, 0.5) is 0 Å². The Hall–Kier alpha value is 1.38. The Morgan fingerprint density at radius 2 is 1.18 bits per heavy atom. The van der Waals surface area contributed by atoms with Crippen LogP contribution >= 0.6 is 0 Å². The van der Waals surface area contributed by atoms with E-state index in [9.17, 15) is 0 Å². The molecule has 0 bridgehead atoms. The second-order valence-electron chi connectivity index (χ2n) is 14.5. The van der Waals surface area contributed by atoms with Gasteiger partial charge in [-0.1, -0.05) is 13.8 Å². The van der Waals surface area contributed by atoms with E-state index in [1.165, 1.54) is 67.2 Å². The third kappa shape index (κ3) is 4.11. The highest BCUT2D eigenvalue weighted by Crippen LogP contribution is 2.67. The van der Waals surface area contributed by atoms with Crippen LogP contribution in [0.25, 0.3) is 0 Å². The van der Waals surface area contributed by atoms with E-state index in [1.54, 1.807) is 51.4 Å². The first kappa shape index (κ1) is 27.4. The Labute approximate surface area is 239 Å².